The molecule has 0 N–H and O–H groups in total. The number of para-hydroxylation sites is 1. The van der Waals surface area contributed by atoms with Crippen molar-refractivity contribution >= 4 is 29.9 Å². The van der Waals surface area contributed by atoms with Gasteiger partial charge in [0, 0.05) is 17.1 Å². The van der Waals surface area contributed by atoms with Crippen LogP contribution in [0, 0.1) is 0 Å². The van der Waals surface area contributed by atoms with Crippen LogP contribution in [0.4, 0.5) is 0 Å². The van der Waals surface area contributed by atoms with E-state index in [2.05, 4.69) is 0 Å². The van der Waals surface area contributed by atoms with Gasteiger partial charge in [-0.3, -0.25) is 4.52 Å². The van der Waals surface area contributed by atoms with Gasteiger partial charge in [0.25, 0.3) is 0 Å². The first-order valence-corrected chi connectivity index (χ1v) is 10.8. The first kappa shape index (κ1) is 17.0. The second-order valence-electron chi connectivity index (χ2n) is 3.83. The van der Waals surface area contributed by atoms with Crippen molar-refractivity contribution in [3.63, 3.8) is 0 Å². The van der Waals surface area contributed by atoms with Crippen molar-refractivity contribution in [3.8, 4) is 5.75 Å². The Kier molecular flexibility index (Phi) is 8.00. The predicted molar refractivity (Wildman–Crippen MR) is 86.3 cm³/mol. The SMILES string of the molecule is CCCSP(=O)(OCC)Oc1ccccc1CSC. The van der Waals surface area contributed by atoms with Crippen molar-refractivity contribution in [2.75, 3.05) is 18.6 Å². The smallest absolute Gasteiger partial charge is 0.417 e. The standard InChI is InChI=1S/C13H21O3PS2/c1-4-10-19-17(14,15-5-2)16-13-9-7-6-8-12(13)11-18-3/h6-9H,4-5,10-11H2,1-3H3. The van der Waals surface area contributed by atoms with Crippen molar-refractivity contribution < 1.29 is 13.6 Å². The Morgan fingerprint density at radius 1 is 1.26 bits per heavy atom. The third-order valence-corrected chi connectivity index (χ3v) is 6.76. The number of benzene rings is 1. The van der Waals surface area contributed by atoms with Crippen molar-refractivity contribution in [2.24, 2.45) is 0 Å². The molecule has 0 saturated carbocycles. The lowest BCUT2D eigenvalue weighted by atomic mass is 10.2. The van der Waals surface area contributed by atoms with Crippen molar-refractivity contribution in [3.05, 3.63) is 29.8 Å². The molecule has 1 rings (SSSR count). The molecule has 0 bridgehead atoms. The molecule has 1 aromatic carbocycles. The van der Waals surface area contributed by atoms with Crippen LogP contribution >= 0.6 is 29.9 Å². The zero-order chi connectivity index (χ0) is 14.1. The number of rotatable bonds is 9. The Hall–Kier alpha value is -0.0900. The highest BCUT2D eigenvalue weighted by Gasteiger charge is 2.27. The maximum atomic E-state index is 12.6. The van der Waals surface area contributed by atoms with Crippen molar-refractivity contribution in [2.45, 2.75) is 26.0 Å². The molecule has 0 radical (unpaired) electrons. The van der Waals surface area contributed by atoms with Gasteiger partial charge < -0.3 is 4.52 Å². The van der Waals surface area contributed by atoms with Crippen LogP contribution < -0.4 is 4.52 Å². The third kappa shape index (κ3) is 5.82. The summed E-state index contributed by atoms with van der Waals surface area (Å²) in [4.78, 5) is 0. The summed E-state index contributed by atoms with van der Waals surface area (Å²) < 4.78 is 23.7. The van der Waals surface area contributed by atoms with E-state index >= 15 is 0 Å². The van der Waals surface area contributed by atoms with E-state index in [1.807, 2.05) is 44.4 Å². The van der Waals surface area contributed by atoms with Gasteiger partial charge in [0.2, 0.25) is 0 Å². The fraction of sp³-hybridized carbons (Fsp3) is 0.538. The Morgan fingerprint density at radius 3 is 2.63 bits per heavy atom. The van der Waals surface area contributed by atoms with Crippen LogP contribution in [0.15, 0.2) is 24.3 Å². The number of hydrogen-bond donors (Lipinski definition) is 0. The molecule has 0 fully saturated rings. The fourth-order valence-electron chi connectivity index (χ4n) is 1.44. The molecule has 108 valence electrons. The maximum absolute atomic E-state index is 12.6. The minimum Gasteiger partial charge on any atom is -0.417 e. The molecule has 0 aliphatic rings. The van der Waals surface area contributed by atoms with Gasteiger partial charge in [-0.2, -0.15) is 11.8 Å². The summed E-state index contributed by atoms with van der Waals surface area (Å²) in [6, 6.07) is 7.69. The fourth-order valence-corrected chi connectivity index (χ4v) is 5.47. The Balaban J connectivity index is 2.86. The minimum atomic E-state index is -3.10. The van der Waals surface area contributed by atoms with Gasteiger partial charge in [-0.05, 0) is 37.0 Å². The molecule has 3 nitrogen and oxygen atoms in total. The first-order chi connectivity index (χ1) is 9.15. The Morgan fingerprint density at radius 2 is 2.00 bits per heavy atom. The molecule has 0 aliphatic heterocycles. The lowest BCUT2D eigenvalue weighted by Crippen LogP contribution is -1.98. The van der Waals surface area contributed by atoms with E-state index in [1.165, 1.54) is 11.4 Å². The average molecular weight is 320 g/mol. The van der Waals surface area contributed by atoms with Gasteiger partial charge in [-0.25, -0.2) is 4.57 Å². The monoisotopic (exact) mass is 320 g/mol. The molecule has 1 aromatic rings. The van der Waals surface area contributed by atoms with Crippen LogP contribution in [0.5, 0.6) is 5.75 Å². The molecule has 0 amide bonds. The Labute approximate surface area is 124 Å². The molecule has 1 atom stereocenters. The largest absolute Gasteiger partial charge is 0.440 e. The van der Waals surface area contributed by atoms with Gasteiger partial charge in [-0.1, -0.05) is 25.1 Å². The molecular formula is C13H21O3PS2. The summed E-state index contributed by atoms with van der Waals surface area (Å²) in [5.74, 6) is 2.26. The van der Waals surface area contributed by atoms with Crippen LogP contribution in [0.25, 0.3) is 0 Å². The third-order valence-electron chi connectivity index (χ3n) is 2.22. The first-order valence-electron chi connectivity index (χ1n) is 6.30. The van der Waals surface area contributed by atoms with Crippen LogP contribution in [0.1, 0.15) is 25.8 Å². The molecule has 6 heteroatoms. The molecule has 0 heterocycles. The van der Waals surface area contributed by atoms with Gasteiger partial charge in [0.15, 0.2) is 0 Å². The molecule has 0 saturated heterocycles. The van der Waals surface area contributed by atoms with Crippen molar-refractivity contribution in [1.82, 2.24) is 0 Å². The molecular weight excluding hydrogens is 299 g/mol. The maximum Gasteiger partial charge on any atom is 0.440 e. The van der Waals surface area contributed by atoms with E-state index in [4.69, 9.17) is 9.05 Å². The molecule has 0 aliphatic carbocycles. The minimum absolute atomic E-state index is 0.388. The molecule has 1 unspecified atom stereocenters. The summed E-state index contributed by atoms with van der Waals surface area (Å²) in [6.07, 6.45) is 2.97. The zero-order valence-electron chi connectivity index (χ0n) is 11.6. The highest BCUT2D eigenvalue weighted by atomic mass is 32.7. The second-order valence-corrected chi connectivity index (χ2v) is 8.81. The summed E-state index contributed by atoms with van der Waals surface area (Å²) >= 11 is 2.98. The van der Waals surface area contributed by atoms with Gasteiger partial charge in [-0.15, -0.1) is 0 Å². The van der Waals surface area contributed by atoms with E-state index in [-0.39, 0.29) is 0 Å². The van der Waals surface area contributed by atoms with E-state index in [0.717, 1.165) is 23.5 Å². The van der Waals surface area contributed by atoms with Crippen LogP contribution in [0.2, 0.25) is 0 Å². The van der Waals surface area contributed by atoms with Crippen LogP contribution in [-0.4, -0.2) is 18.6 Å². The summed E-state index contributed by atoms with van der Waals surface area (Å²) in [5, 5.41) is 0. The zero-order valence-corrected chi connectivity index (χ0v) is 14.2. The highest BCUT2D eigenvalue weighted by molar-refractivity contribution is 8.55. The highest BCUT2D eigenvalue weighted by Crippen LogP contribution is 2.60. The lowest BCUT2D eigenvalue weighted by Gasteiger charge is -2.19. The van der Waals surface area contributed by atoms with Gasteiger partial charge in [0.05, 0.1) is 6.61 Å². The number of thioether (sulfide) groups is 1. The van der Waals surface area contributed by atoms with Gasteiger partial charge >= 0.3 is 6.80 Å². The molecule has 0 spiro atoms. The van der Waals surface area contributed by atoms with E-state index in [0.29, 0.717) is 12.4 Å². The van der Waals surface area contributed by atoms with E-state index in [9.17, 15) is 4.57 Å². The second kappa shape index (κ2) is 8.96. The molecule has 19 heavy (non-hydrogen) atoms. The summed E-state index contributed by atoms with van der Waals surface area (Å²) in [6.45, 7) is 1.16. The lowest BCUT2D eigenvalue weighted by molar-refractivity contribution is 0.295. The van der Waals surface area contributed by atoms with Gasteiger partial charge in [0.1, 0.15) is 5.75 Å². The summed E-state index contributed by atoms with van der Waals surface area (Å²) in [7, 11) is 0. The normalized spacial score (nSPS) is 14.1. The number of hydrogen-bond acceptors (Lipinski definition) is 5. The van der Waals surface area contributed by atoms with E-state index < -0.39 is 6.80 Å². The topological polar surface area (TPSA) is 35.5 Å². The molecule has 0 aromatic heterocycles. The van der Waals surface area contributed by atoms with Crippen LogP contribution in [0.3, 0.4) is 0 Å². The van der Waals surface area contributed by atoms with E-state index in [1.54, 1.807) is 11.8 Å². The Bertz CT molecular complexity index is 426. The average Bonchev–Trinajstić information content (AvgIpc) is 2.39. The summed E-state index contributed by atoms with van der Waals surface area (Å²) in [5.41, 5.74) is 1.05. The quantitative estimate of drug-likeness (QED) is 0.583. The van der Waals surface area contributed by atoms with Crippen LogP contribution in [-0.2, 0) is 14.8 Å². The predicted octanol–water partition coefficient (Wildman–Crippen LogP) is 5.22. The van der Waals surface area contributed by atoms with Crippen molar-refractivity contribution in [1.29, 1.82) is 0 Å².